The van der Waals surface area contributed by atoms with Gasteiger partial charge in [0.15, 0.2) is 0 Å². The number of rotatable bonds is 6. The lowest BCUT2D eigenvalue weighted by Gasteiger charge is -2.36. The lowest BCUT2D eigenvalue weighted by Crippen LogP contribution is -2.59. The van der Waals surface area contributed by atoms with E-state index in [-0.39, 0.29) is 11.8 Å². The Balaban J connectivity index is 2.68. The number of hydrogen-bond acceptors (Lipinski definition) is 4. The van der Waals surface area contributed by atoms with E-state index in [4.69, 9.17) is 0 Å². The molecule has 1 unspecified atom stereocenters. The maximum Gasteiger partial charge on any atom is 0.405 e. The zero-order valence-corrected chi connectivity index (χ0v) is 13.7. The zero-order chi connectivity index (χ0) is 16.9. The first-order chi connectivity index (χ1) is 10.1. The maximum atomic E-state index is 13.2. The molecule has 1 rings (SSSR count). The molecular weight excluding hydrogens is 297 g/mol. The minimum absolute atomic E-state index is 0.0264. The monoisotopic (exact) mass is 324 g/mol. The van der Waals surface area contributed by atoms with Crippen LogP contribution in [0, 0.1) is 5.92 Å². The SMILES string of the molecule is CC(C)[C@@H](C(=O)NCC(N1CCNCC1)C(F)(F)F)N(C)C. The highest BCUT2D eigenvalue weighted by molar-refractivity contribution is 5.82. The van der Waals surface area contributed by atoms with E-state index in [1.54, 1.807) is 19.0 Å². The molecule has 1 aliphatic rings. The fourth-order valence-corrected chi connectivity index (χ4v) is 2.88. The van der Waals surface area contributed by atoms with Gasteiger partial charge in [-0.2, -0.15) is 13.2 Å². The van der Waals surface area contributed by atoms with Gasteiger partial charge in [0.05, 0.1) is 6.04 Å². The van der Waals surface area contributed by atoms with Crippen LogP contribution in [0.5, 0.6) is 0 Å². The molecule has 2 atom stereocenters. The first-order valence-corrected chi connectivity index (χ1v) is 7.60. The molecule has 2 N–H and O–H groups in total. The van der Waals surface area contributed by atoms with Crippen LogP contribution in [0.3, 0.4) is 0 Å². The molecule has 0 saturated carbocycles. The van der Waals surface area contributed by atoms with Crippen molar-refractivity contribution in [1.29, 1.82) is 0 Å². The van der Waals surface area contributed by atoms with E-state index < -0.39 is 24.8 Å². The summed E-state index contributed by atoms with van der Waals surface area (Å²) in [5.74, 6) is -0.331. The smallest absolute Gasteiger partial charge is 0.353 e. The molecule has 130 valence electrons. The molecule has 0 aromatic carbocycles. The number of amides is 1. The van der Waals surface area contributed by atoms with Crippen LogP contribution in [0.25, 0.3) is 0 Å². The number of piperazine rings is 1. The third-order valence-electron chi connectivity index (χ3n) is 3.90. The number of nitrogens with zero attached hydrogens (tertiary/aromatic N) is 2. The quantitative estimate of drug-likeness (QED) is 0.748. The van der Waals surface area contributed by atoms with E-state index >= 15 is 0 Å². The summed E-state index contributed by atoms with van der Waals surface area (Å²) in [6, 6.07) is -2.06. The largest absolute Gasteiger partial charge is 0.405 e. The van der Waals surface area contributed by atoms with Crippen molar-refractivity contribution < 1.29 is 18.0 Å². The van der Waals surface area contributed by atoms with Crippen molar-refractivity contribution in [1.82, 2.24) is 20.4 Å². The molecule has 1 saturated heterocycles. The van der Waals surface area contributed by atoms with E-state index in [1.165, 1.54) is 4.90 Å². The van der Waals surface area contributed by atoms with Gasteiger partial charge in [0.2, 0.25) is 5.91 Å². The third kappa shape index (κ3) is 5.40. The average Bonchev–Trinajstić information content (AvgIpc) is 2.37. The fraction of sp³-hybridized carbons (Fsp3) is 0.929. The molecule has 1 aliphatic heterocycles. The van der Waals surface area contributed by atoms with Crippen molar-refractivity contribution in [3.05, 3.63) is 0 Å². The molecule has 0 aromatic heterocycles. The Kier molecular flexibility index (Phi) is 7.08. The third-order valence-corrected chi connectivity index (χ3v) is 3.90. The van der Waals surface area contributed by atoms with Crippen molar-refractivity contribution in [2.75, 3.05) is 46.8 Å². The molecule has 0 spiro atoms. The van der Waals surface area contributed by atoms with Crippen LogP contribution >= 0.6 is 0 Å². The van der Waals surface area contributed by atoms with Crippen LogP contribution in [0.2, 0.25) is 0 Å². The Morgan fingerprint density at radius 1 is 1.27 bits per heavy atom. The highest BCUT2D eigenvalue weighted by Crippen LogP contribution is 2.24. The van der Waals surface area contributed by atoms with Crippen LogP contribution in [-0.2, 0) is 4.79 Å². The van der Waals surface area contributed by atoms with Gasteiger partial charge < -0.3 is 10.6 Å². The predicted molar refractivity (Wildman–Crippen MR) is 79.6 cm³/mol. The van der Waals surface area contributed by atoms with Gasteiger partial charge in [-0.05, 0) is 20.0 Å². The lowest BCUT2D eigenvalue weighted by atomic mass is 10.0. The highest BCUT2D eigenvalue weighted by Gasteiger charge is 2.44. The summed E-state index contributed by atoms with van der Waals surface area (Å²) in [6.45, 7) is 5.09. The lowest BCUT2D eigenvalue weighted by molar-refractivity contribution is -0.184. The van der Waals surface area contributed by atoms with Crippen LogP contribution < -0.4 is 10.6 Å². The van der Waals surface area contributed by atoms with Gasteiger partial charge in [0.25, 0.3) is 0 Å². The number of likely N-dealkylation sites (N-methyl/N-ethyl adjacent to an activating group) is 1. The number of hydrogen-bond donors (Lipinski definition) is 2. The summed E-state index contributed by atoms with van der Waals surface area (Å²) in [4.78, 5) is 15.3. The van der Waals surface area contributed by atoms with E-state index in [0.717, 1.165) is 0 Å². The van der Waals surface area contributed by atoms with Gasteiger partial charge in [-0.1, -0.05) is 13.8 Å². The predicted octanol–water partition coefficient (Wildman–Crippen LogP) is 0.525. The Morgan fingerprint density at radius 3 is 2.23 bits per heavy atom. The van der Waals surface area contributed by atoms with Crippen molar-refractivity contribution in [3.8, 4) is 0 Å². The topological polar surface area (TPSA) is 47.6 Å². The van der Waals surface area contributed by atoms with E-state index in [1.807, 2.05) is 13.8 Å². The van der Waals surface area contributed by atoms with Gasteiger partial charge >= 0.3 is 6.18 Å². The van der Waals surface area contributed by atoms with Gasteiger partial charge in [0, 0.05) is 32.7 Å². The van der Waals surface area contributed by atoms with Gasteiger partial charge in [-0.25, -0.2) is 0 Å². The van der Waals surface area contributed by atoms with Crippen molar-refractivity contribution in [3.63, 3.8) is 0 Å². The molecule has 1 heterocycles. The van der Waals surface area contributed by atoms with Crippen molar-refractivity contribution >= 4 is 5.91 Å². The molecule has 22 heavy (non-hydrogen) atoms. The number of halogens is 3. The summed E-state index contributed by atoms with van der Waals surface area (Å²) >= 11 is 0. The Morgan fingerprint density at radius 2 is 1.82 bits per heavy atom. The molecule has 0 aromatic rings. The molecule has 1 amide bonds. The van der Waals surface area contributed by atoms with Crippen LogP contribution in [-0.4, -0.2) is 80.8 Å². The van der Waals surface area contributed by atoms with Crippen LogP contribution in [0.1, 0.15) is 13.8 Å². The molecule has 0 radical (unpaired) electrons. The summed E-state index contributed by atoms with van der Waals surface area (Å²) in [5.41, 5.74) is 0. The molecule has 0 bridgehead atoms. The number of carbonyl (C=O) groups excluding carboxylic acids is 1. The Hall–Kier alpha value is -0.860. The normalized spacial score (nSPS) is 20.2. The second-order valence-electron chi connectivity index (χ2n) is 6.24. The number of carbonyl (C=O) groups is 1. The fourth-order valence-electron chi connectivity index (χ4n) is 2.88. The standard InChI is InChI=1S/C14H27F3N4O/c1-10(2)12(20(3)4)13(22)19-9-11(14(15,16)17)21-7-5-18-6-8-21/h10-12,18H,5-9H2,1-4H3,(H,19,22)/t11?,12-/m0/s1. The Labute approximate surface area is 130 Å². The van der Waals surface area contributed by atoms with E-state index in [0.29, 0.717) is 26.2 Å². The van der Waals surface area contributed by atoms with E-state index in [2.05, 4.69) is 10.6 Å². The van der Waals surface area contributed by atoms with Gasteiger partial charge in [-0.15, -0.1) is 0 Å². The first kappa shape index (κ1) is 19.2. The molecular formula is C14H27F3N4O. The van der Waals surface area contributed by atoms with Crippen LogP contribution in [0.15, 0.2) is 0 Å². The van der Waals surface area contributed by atoms with Gasteiger partial charge in [0.1, 0.15) is 6.04 Å². The highest BCUT2D eigenvalue weighted by atomic mass is 19.4. The summed E-state index contributed by atoms with van der Waals surface area (Å²) in [5, 5.41) is 5.52. The zero-order valence-electron chi connectivity index (χ0n) is 13.7. The first-order valence-electron chi connectivity index (χ1n) is 7.60. The second-order valence-corrected chi connectivity index (χ2v) is 6.24. The molecule has 8 heteroatoms. The molecule has 5 nitrogen and oxygen atoms in total. The second kappa shape index (κ2) is 8.12. The van der Waals surface area contributed by atoms with Crippen LogP contribution in [0.4, 0.5) is 13.2 Å². The van der Waals surface area contributed by atoms with Gasteiger partial charge in [-0.3, -0.25) is 14.6 Å². The number of alkyl halides is 3. The summed E-state index contributed by atoms with van der Waals surface area (Å²) in [7, 11) is 3.50. The molecule has 0 aliphatic carbocycles. The van der Waals surface area contributed by atoms with E-state index in [9.17, 15) is 18.0 Å². The average molecular weight is 324 g/mol. The summed E-state index contributed by atoms with van der Waals surface area (Å²) < 4.78 is 39.7. The maximum absolute atomic E-state index is 13.2. The Bertz CT molecular complexity index is 346. The molecule has 1 fully saturated rings. The minimum atomic E-state index is -4.35. The summed E-state index contributed by atoms with van der Waals surface area (Å²) in [6.07, 6.45) is -4.35. The minimum Gasteiger partial charge on any atom is -0.353 e. The van der Waals surface area contributed by atoms with Crippen molar-refractivity contribution in [2.45, 2.75) is 32.1 Å². The number of nitrogens with one attached hydrogen (secondary N) is 2. The van der Waals surface area contributed by atoms with Crippen molar-refractivity contribution in [2.24, 2.45) is 5.92 Å².